The zero-order chi connectivity index (χ0) is 20.0. The van der Waals surface area contributed by atoms with Crippen LogP contribution in [-0.2, 0) is 22.0 Å². The molecule has 0 aliphatic heterocycles. The molecule has 0 fully saturated rings. The molecule has 1 aromatic carbocycles. The number of pyridine rings is 1. The van der Waals surface area contributed by atoms with Crippen LogP contribution in [0.3, 0.4) is 0 Å². The van der Waals surface area contributed by atoms with Crippen LogP contribution in [0.15, 0.2) is 37.0 Å². The summed E-state index contributed by atoms with van der Waals surface area (Å²) in [7, 11) is 1.37. The quantitative estimate of drug-likeness (QED) is 0.681. The van der Waals surface area contributed by atoms with Crippen molar-refractivity contribution in [2.45, 2.75) is 58.3 Å². The summed E-state index contributed by atoms with van der Waals surface area (Å²) in [5, 5.41) is 0. The fourth-order valence-corrected chi connectivity index (χ4v) is 3.77. The molecular weight excluding hydrogens is 334 g/mol. The number of carbonyl (C=O) groups is 1. The summed E-state index contributed by atoms with van der Waals surface area (Å²) < 4.78 is 4.76. The Morgan fingerprint density at radius 3 is 2.48 bits per heavy atom. The van der Waals surface area contributed by atoms with E-state index in [2.05, 4.69) is 58.3 Å². The molecule has 0 radical (unpaired) electrons. The van der Waals surface area contributed by atoms with Gasteiger partial charge in [-0.2, -0.15) is 0 Å². The van der Waals surface area contributed by atoms with E-state index in [9.17, 15) is 4.79 Å². The molecule has 1 aliphatic rings. The van der Waals surface area contributed by atoms with Crippen molar-refractivity contribution in [2.75, 3.05) is 7.11 Å². The number of rotatable bonds is 3. The first-order chi connectivity index (χ1) is 12.5. The summed E-state index contributed by atoms with van der Waals surface area (Å²) in [6.45, 7) is 15.7. The van der Waals surface area contributed by atoms with Crippen LogP contribution < -0.4 is 0 Å². The number of nitrogens with zero attached hydrogens (tertiary/aromatic N) is 1. The van der Waals surface area contributed by atoms with Crippen LogP contribution in [0.1, 0.15) is 79.3 Å². The van der Waals surface area contributed by atoms with E-state index in [0.29, 0.717) is 5.56 Å². The van der Waals surface area contributed by atoms with Gasteiger partial charge in [-0.1, -0.05) is 53.3 Å². The van der Waals surface area contributed by atoms with Crippen LogP contribution in [0.5, 0.6) is 0 Å². The van der Waals surface area contributed by atoms with Crippen molar-refractivity contribution in [1.29, 1.82) is 0 Å². The van der Waals surface area contributed by atoms with E-state index < -0.39 is 0 Å². The topological polar surface area (TPSA) is 39.2 Å². The van der Waals surface area contributed by atoms with Gasteiger partial charge in [-0.3, -0.25) is 4.98 Å². The van der Waals surface area contributed by atoms with Crippen LogP contribution in [0, 0.1) is 0 Å². The number of carbonyl (C=O) groups excluding carboxylic acids is 1. The van der Waals surface area contributed by atoms with Gasteiger partial charge in [0.25, 0.3) is 0 Å². The minimum absolute atomic E-state index is 0.0604. The van der Waals surface area contributed by atoms with Crippen molar-refractivity contribution in [3.05, 3.63) is 70.6 Å². The lowest BCUT2D eigenvalue weighted by Crippen LogP contribution is -2.17. The molecule has 0 N–H and O–H groups in total. The van der Waals surface area contributed by atoms with Crippen molar-refractivity contribution < 1.29 is 9.53 Å². The van der Waals surface area contributed by atoms with E-state index in [1.54, 1.807) is 12.3 Å². The van der Waals surface area contributed by atoms with Crippen LogP contribution in [0.2, 0.25) is 0 Å². The predicted octanol–water partition coefficient (Wildman–Crippen LogP) is 5.45. The number of ether oxygens (including phenoxy) is 1. The van der Waals surface area contributed by atoms with Gasteiger partial charge in [-0.05, 0) is 58.1 Å². The molecule has 1 heterocycles. The molecule has 27 heavy (non-hydrogen) atoms. The van der Waals surface area contributed by atoms with Gasteiger partial charge in [-0.15, -0.1) is 0 Å². The molecule has 1 aliphatic carbocycles. The second-order valence-corrected chi connectivity index (χ2v) is 9.09. The number of hydrogen-bond donors (Lipinski definition) is 0. The molecule has 0 unspecified atom stereocenters. The fraction of sp³-hybridized carbons (Fsp3) is 0.417. The average Bonchev–Trinajstić information content (AvgIpc) is 2.94. The average molecular weight is 364 g/mol. The van der Waals surface area contributed by atoms with Gasteiger partial charge in [0.1, 0.15) is 0 Å². The second kappa shape index (κ2) is 6.63. The standard InChI is InChI=1S/C24H29NO2/c1-15(21-9-8-16(14-25-21)22(26)27-7)19-12-17(23(2,3)4)13-20-18(19)10-11-24(20,5)6/h8-9,12-14H,1,10-11H2,2-7H3. The van der Waals surface area contributed by atoms with E-state index in [-0.39, 0.29) is 16.8 Å². The number of aromatic nitrogens is 1. The molecule has 3 heteroatoms. The summed E-state index contributed by atoms with van der Waals surface area (Å²) >= 11 is 0. The molecule has 0 saturated heterocycles. The van der Waals surface area contributed by atoms with Crippen molar-refractivity contribution in [1.82, 2.24) is 4.98 Å². The number of methoxy groups -OCH3 is 1. The maximum Gasteiger partial charge on any atom is 0.339 e. The summed E-state index contributed by atoms with van der Waals surface area (Å²) in [6, 6.07) is 8.26. The Kier molecular flexibility index (Phi) is 4.75. The Balaban J connectivity index is 2.09. The SMILES string of the molecule is C=C(c1ccc(C(=O)OC)cn1)c1cc(C(C)(C)C)cc2c1CCC2(C)C. The van der Waals surface area contributed by atoms with Gasteiger partial charge in [0.15, 0.2) is 0 Å². The second-order valence-electron chi connectivity index (χ2n) is 9.09. The van der Waals surface area contributed by atoms with Gasteiger partial charge >= 0.3 is 5.97 Å². The molecule has 3 nitrogen and oxygen atoms in total. The maximum atomic E-state index is 11.7. The van der Waals surface area contributed by atoms with Gasteiger partial charge in [0.05, 0.1) is 18.4 Å². The van der Waals surface area contributed by atoms with Gasteiger partial charge in [0.2, 0.25) is 0 Å². The highest BCUT2D eigenvalue weighted by atomic mass is 16.5. The van der Waals surface area contributed by atoms with Crippen LogP contribution in [0.4, 0.5) is 0 Å². The zero-order valence-corrected chi connectivity index (χ0v) is 17.3. The van der Waals surface area contributed by atoms with Crippen LogP contribution in [-0.4, -0.2) is 18.1 Å². The molecule has 0 spiro atoms. The van der Waals surface area contributed by atoms with Crippen LogP contribution >= 0.6 is 0 Å². The fourth-order valence-electron chi connectivity index (χ4n) is 3.77. The highest BCUT2D eigenvalue weighted by Crippen LogP contribution is 2.44. The highest BCUT2D eigenvalue weighted by molar-refractivity contribution is 5.89. The van der Waals surface area contributed by atoms with Gasteiger partial charge in [-0.25, -0.2) is 4.79 Å². The number of hydrogen-bond acceptors (Lipinski definition) is 3. The van der Waals surface area contributed by atoms with E-state index in [4.69, 9.17) is 4.74 Å². The summed E-state index contributed by atoms with van der Waals surface area (Å²) in [5.74, 6) is -0.378. The summed E-state index contributed by atoms with van der Waals surface area (Å²) in [6.07, 6.45) is 3.76. The Morgan fingerprint density at radius 1 is 1.22 bits per heavy atom. The van der Waals surface area contributed by atoms with E-state index in [1.165, 1.54) is 29.4 Å². The maximum absolute atomic E-state index is 11.7. The first-order valence-electron chi connectivity index (χ1n) is 9.46. The zero-order valence-electron chi connectivity index (χ0n) is 17.3. The van der Waals surface area contributed by atoms with Gasteiger partial charge < -0.3 is 4.74 Å². The minimum atomic E-state index is -0.378. The Bertz CT molecular complexity index is 899. The number of fused-ring (bicyclic) bond motifs is 1. The lowest BCUT2D eigenvalue weighted by atomic mass is 9.78. The predicted molar refractivity (Wildman–Crippen MR) is 110 cm³/mol. The lowest BCUT2D eigenvalue weighted by Gasteiger charge is -2.26. The van der Waals surface area contributed by atoms with Gasteiger partial charge in [0, 0.05) is 11.8 Å². The normalized spacial score (nSPS) is 15.3. The molecule has 0 atom stereocenters. The van der Waals surface area contributed by atoms with Crippen molar-refractivity contribution in [3.8, 4) is 0 Å². The van der Waals surface area contributed by atoms with Crippen LogP contribution in [0.25, 0.3) is 5.57 Å². The molecule has 0 saturated carbocycles. The van der Waals surface area contributed by atoms with E-state index in [0.717, 1.165) is 24.1 Å². The molecule has 0 amide bonds. The third-order valence-corrected chi connectivity index (χ3v) is 5.66. The lowest BCUT2D eigenvalue weighted by molar-refractivity contribution is 0.0600. The van der Waals surface area contributed by atoms with Crippen molar-refractivity contribution in [2.24, 2.45) is 0 Å². The van der Waals surface area contributed by atoms with Crippen molar-refractivity contribution >= 4 is 11.5 Å². The highest BCUT2D eigenvalue weighted by Gasteiger charge is 2.33. The van der Waals surface area contributed by atoms with E-state index >= 15 is 0 Å². The molecule has 2 aromatic rings. The largest absolute Gasteiger partial charge is 0.465 e. The molecule has 3 rings (SSSR count). The van der Waals surface area contributed by atoms with Crippen molar-refractivity contribution in [3.63, 3.8) is 0 Å². The Morgan fingerprint density at radius 2 is 1.93 bits per heavy atom. The third kappa shape index (κ3) is 3.55. The smallest absolute Gasteiger partial charge is 0.339 e. The monoisotopic (exact) mass is 363 g/mol. The number of esters is 1. The third-order valence-electron chi connectivity index (χ3n) is 5.66. The molecule has 142 valence electrons. The molecule has 0 bridgehead atoms. The Hall–Kier alpha value is -2.42. The Labute approximate surface area is 162 Å². The minimum Gasteiger partial charge on any atom is -0.465 e. The summed E-state index contributed by atoms with van der Waals surface area (Å²) in [5.41, 5.74) is 7.70. The first kappa shape index (κ1) is 19.3. The first-order valence-corrected chi connectivity index (χ1v) is 9.46. The number of benzene rings is 1. The molecule has 1 aromatic heterocycles. The summed E-state index contributed by atoms with van der Waals surface area (Å²) in [4.78, 5) is 16.1. The molecular formula is C24H29NO2. The van der Waals surface area contributed by atoms with E-state index in [1.807, 2.05) is 6.07 Å².